The first-order valence-corrected chi connectivity index (χ1v) is 7.60. The van der Waals surface area contributed by atoms with Crippen LogP contribution in [-0.4, -0.2) is 12.4 Å². The van der Waals surface area contributed by atoms with E-state index in [-0.39, 0.29) is 18.0 Å². The number of rotatable bonds is 3. The van der Waals surface area contributed by atoms with Crippen molar-refractivity contribution in [3.63, 3.8) is 0 Å². The third-order valence-corrected chi connectivity index (χ3v) is 4.04. The summed E-state index contributed by atoms with van der Waals surface area (Å²) in [4.78, 5) is 12.5. The second-order valence-electron chi connectivity index (χ2n) is 5.12. The molecule has 21 heavy (non-hydrogen) atoms. The molecule has 0 fully saturated rings. The van der Waals surface area contributed by atoms with Crippen LogP contribution in [0.15, 0.2) is 46.9 Å². The molecule has 0 aromatic heterocycles. The SMILES string of the molecule is O=C(Cc1cc(F)cc(Br)c1)C1OCCc2ccccc21. The fourth-order valence-corrected chi connectivity index (χ4v) is 3.18. The number of benzene rings is 2. The van der Waals surface area contributed by atoms with Crippen LogP contribution in [0.2, 0.25) is 0 Å². The molecule has 2 aromatic carbocycles. The largest absolute Gasteiger partial charge is 0.365 e. The molecule has 4 heteroatoms. The van der Waals surface area contributed by atoms with E-state index in [2.05, 4.69) is 15.9 Å². The highest BCUT2D eigenvalue weighted by molar-refractivity contribution is 9.10. The molecule has 0 N–H and O–H groups in total. The Kier molecular flexibility index (Phi) is 4.17. The summed E-state index contributed by atoms with van der Waals surface area (Å²) in [5.41, 5.74) is 2.74. The van der Waals surface area contributed by atoms with E-state index < -0.39 is 6.10 Å². The number of halogens is 2. The number of hydrogen-bond donors (Lipinski definition) is 0. The van der Waals surface area contributed by atoms with Crippen molar-refractivity contribution in [3.8, 4) is 0 Å². The predicted octanol–water partition coefficient (Wildman–Crippen LogP) is 4.01. The molecular formula is C17H14BrFO2. The summed E-state index contributed by atoms with van der Waals surface area (Å²) in [5.74, 6) is -0.392. The van der Waals surface area contributed by atoms with Gasteiger partial charge in [-0.05, 0) is 41.3 Å². The zero-order valence-corrected chi connectivity index (χ0v) is 12.9. The van der Waals surface area contributed by atoms with Gasteiger partial charge in [0.25, 0.3) is 0 Å². The highest BCUT2D eigenvalue weighted by atomic mass is 79.9. The maximum Gasteiger partial charge on any atom is 0.170 e. The molecule has 1 atom stereocenters. The second kappa shape index (κ2) is 6.08. The topological polar surface area (TPSA) is 26.3 Å². The van der Waals surface area contributed by atoms with Gasteiger partial charge in [0, 0.05) is 10.9 Å². The van der Waals surface area contributed by atoms with Crippen LogP contribution in [0.3, 0.4) is 0 Å². The lowest BCUT2D eigenvalue weighted by Gasteiger charge is -2.25. The standard InChI is InChI=1S/C17H14BrFO2/c18-13-7-11(8-14(19)10-13)9-16(20)17-15-4-2-1-3-12(15)5-6-21-17/h1-4,7-8,10,17H,5-6,9H2. The van der Waals surface area contributed by atoms with E-state index in [1.807, 2.05) is 24.3 Å². The van der Waals surface area contributed by atoms with Crippen LogP contribution in [-0.2, 0) is 22.4 Å². The molecule has 0 saturated heterocycles. The Morgan fingerprint density at radius 1 is 1.29 bits per heavy atom. The Bertz CT molecular complexity index is 664. The molecule has 0 saturated carbocycles. The van der Waals surface area contributed by atoms with Crippen LogP contribution < -0.4 is 0 Å². The summed E-state index contributed by atoms with van der Waals surface area (Å²) in [6.45, 7) is 0.542. The molecular weight excluding hydrogens is 335 g/mol. The van der Waals surface area contributed by atoms with E-state index in [9.17, 15) is 9.18 Å². The monoisotopic (exact) mass is 348 g/mol. The molecule has 1 unspecified atom stereocenters. The zero-order valence-electron chi connectivity index (χ0n) is 11.3. The molecule has 1 aliphatic rings. The van der Waals surface area contributed by atoms with Crippen molar-refractivity contribution in [2.45, 2.75) is 18.9 Å². The second-order valence-corrected chi connectivity index (χ2v) is 6.04. The lowest BCUT2D eigenvalue weighted by molar-refractivity contribution is -0.131. The van der Waals surface area contributed by atoms with E-state index in [0.717, 1.165) is 17.5 Å². The minimum atomic E-state index is -0.544. The number of carbonyl (C=O) groups is 1. The normalized spacial score (nSPS) is 17.3. The Hall–Kier alpha value is -1.52. The number of Topliss-reactive ketones (excluding diaryl/α,β-unsaturated/α-hetero) is 1. The van der Waals surface area contributed by atoms with E-state index in [1.54, 1.807) is 6.07 Å². The van der Waals surface area contributed by atoms with Gasteiger partial charge in [0.15, 0.2) is 5.78 Å². The Morgan fingerprint density at radius 3 is 2.90 bits per heavy atom. The Balaban J connectivity index is 1.83. The summed E-state index contributed by atoms with van der Waals surface area (Å²) < 4.78 is 19.7. The molecule has 0 amide bonds. The van der Waals surface area contributed by atoms with Gasteiger partial charge in [0.1, 0.15) is 11.9 Å². The number of hydrogen-bond acceptors (Lipinski definition) is 2. The van der Waals surface area contributed by atoms with Crippen LogP contribution in [0.25, 0.3) is 0 Å². The van der Waals surface area contributed by atoms with Crippen LogP contribution >= 0.6 is 15.9 Å². The Morgan fingerprint density at radius 2 is 2.10 bits per heavy atom. The van der Waals surface area contributed by atoms with Gasteiger partial charge in [-0.15, -0.1) is 0 Å². The van der Waals surface area contributed by atoms with Crippen LogP contribution in [0.4, 0.5) is 4.39 Å². The molecule has 1 aliphatic heterocycles. The first-order valence-electron chi connectivity index (χ1n) is 6.80. The number of carbonyl (C=O) groups excluding carboxylic acids is 1. The quantitative estimate of drug-likeness (QED) is 0.837. The summed E-state index contributed by atoms with van der Waals surface area (Å²) in [5, 5.41) is 0. The van der Waals surface area contributed by atoms with Gasteiger partial charge < -0.3 is 4.74 Å². The first kappa shape index (κ1) is 14.4. The van der Waals surface area contributed by atoms with Crippen molar-refractivity contribution in [1.82, 2.24) is 0 Å². The average molecular weight is 349 g/mol. The van der Waals surface area contributed by atoms with Crippen molar-refractivity contribution < 1.29 is 13.9 Å². The van der Waals surface area contributed by atoms with Crippen molar-refractivity contribution in [1.29, 1.82) is 0 Å². The molecule has 0 bridgehead atoms. The van der Waals surface area contributed by atoms with Crippen molar-refractivity contribution in [3.05, 3.63) is 69.4 Å². The van der Waals surface area contributed by atoms with Crippen LogP contribution in [0.1, 0.15) is 22.8 Å². The minimum absolute atomic E-state index is 0.0420. The molecule has 3 rings (SSSR count). The van der Waals surface area contributed by atoms with Gasteiger partial charge in [-0.1, -0.05) is 40.2 Å². The van der Waals surface area contributed by atoms with Crippen molar-refractivity contribution in [2.24, 2.45) is 0 Å². The van der Waals surface area contributed by atoms with Gasteiger partial charge in [0.05, 0.1) is 6.61 Å². The van der Waals surface area contributed by atoms with Crippen molar-refractivity contribution >= 4 is 21.7 Å². The highest BCUT2D eigenvalue weighted by Gasteiger charge is 2.27. The lowest BCUT2D eigenvalue weighted by atomic mass is 9.93. The van der Waals surface area contributed by atoms with E-state index in [4.69, 9.17) is 4.74 Å². The molecule has 2 aromatic rings. The minimum Gasteiger partial charge on any atom is -0.365 e. The zero-order chi connectivity index (χ0) is 14.8. The van der Waals surface area contributed by atoms with Crippen LogP contribution in [0, 0.1) is 5.82 Å². The number of fused-ring (bicyclic) bond motifs is 1. The molecule has 2 nitrogen and oxygen atoms in total. The van der Waals surface area contributed by atoms with Crippen LogP contribution in [0.5, 0.6) is 0 Å². The third kappa shape index (κ3) is 3.22. The molecule has 0 radical (unpaired) electrons. The fourth-order valence-electron chi connectivity index (χ4n) is 2.67. The highest BCUT2D eigenvalue weighted by Crippen LogP contribution is 2.29. The number of ether oxygens (including phenoxy) is 1. The smallest absolute Gasteiger partial charge is 0.170 e. The van der Waals surface area contributed by atoms with E-state index in [0.29, 0.717) is 16.6 Å². The predicted molar refractivity (Wildman–Crippen MR) is 81.7 cm³/mol. The fraction of sp³-hybridized carbons (Fsp3) is 0.235. The molecule has 0 aliphatic carbocycles. The van der Waals surface area contributed by atoms with Crippen molar-refractivity contribution in [2.75, 3.05) is 6.61 Å². The van der Waals surface area contributed by atoms with Gasteiger partial charge in [0.2, 0.25) is 0 Å². The van der Waals surface area contributed by atoms with E-state index in [1.165, 1.54) is 12.1 Å². The summed E-state index contributed by atoms with van der Waals surface area (Å²) in [6.07, 6.45) is 0.442. The maximum absolute atomic E-state index is 13.4. The maximum atomic E-state index is 13.4. The molecule has 1 heterocycles. The van der Waals surface area contributed by atoms with E-state index >= 15 is 0 Å². The average Bonchev–Trinajstić information content (AvgIpc) is 2.45. The van der Waals surface area contributed by atoms with Gasteiger partial charge in [-0.2, -0.15) is 0 Å². The summed E-state index contributed by atoms with van der Waals surface area (Å²) >= 11 is 3.24. The molecule has 0 spiro atoms. The summed E-state index contributed by atoms with van der Waals surface area (Å²) in [7, 11) is 0. The molecule has 108 valence electrons. The third-order valence-electron chi connectivity index (χ3n) is 3.59. The number of ketones is 1. The van der Waals surface area contributed by atoms with Gasteiger partial charge in [-0.25, -0.2) is 4.39 Å². The van der Waals surface area contributed by atoms with Gasteiger partial charge >= 0.3 is 0 Å². The Labute approximate surface area is 131 Å². The van der Waals surface area contributed by atoms with Gasteiger partial charge in [-0.3, -0.25) is 4.79 Å². The lowest BCUT2D eigenvalue weighted by Crippen LogP contribution is -2.24. The summed E-state index contributed by atoms with van der Waals surface area (Å²) in [6, 6.07) is 12.4. The first-order chi connectivity index (χ1) is 10.1.